The summed E-state index contributed by atoms with van der Waals surface area (Å²) in [7, 11) is 0. The van der Waals surface area contributed by atoms with Crippen LogP contribution in [0.25, 0.3) is 0 Å². The van der Waals surface area contributed by atoms with Crippen molar-refractivity contribution in [1.29, 1.82) is 0 Å². The Hall–Kier alpha value is -2.99. The van der Waals surface area contributed by atoms with Gasteiger partial charge in [-0.1, -0.05) is 0 Å². The lowest BCUT2D eigenvalue weighted by atomic mass is 9.92. The minimum absolute atomic E-state index is 0.00329. The van der Waals surface area contributed by atoms with Gasteiger partial charge in [0.15, 0.2) is 0 Å². The van der Waals surface area contributed by atoms with E-state index in [1.54, 1.807) is 25.7 Å². The fraction of sp³-hybridized carbons (Fsp3) is 0.640. The average molecular weight is 552 g/mol. The summed E-state index contributed by atoms with van der Waals surface area (Å²) >= 11 is 0. The van der Waals surface area contributed by atoms with Crippen LogP contribution in [0, 0.1) is 5.92 Å². The maximum Gasteiger partial charge on any atom is 0.416 e. The third kappa shape index (κ3) is 7.76. The molecule has 0 spiro atoms. The molecule has 1 aromatic rings. The van der Waals surface area contributed by atoms with Crippen molar-refractivity contribution in [2.24, 2.45) is 5.92 Å². The minimum atomic E-state index is -5.02. The van der Waals surface area contributed by atoms with Gasteiger partial charge in [0, 0.05) is 31.7 Å². The van der Waals surface area contributed by atoms with Gasteiger partial charge >= 0.3 is 18.4 Å². The zero-order valence-electron chi connectivity index (χ0n) is 21.3. The van der Waals surface area contributed by atoms with Gasteiger partial charge in [-0.25, -0.2) is 4.79 Å². The van der Waals surface area contributed by atoms with Gasteiger partial charge in [-0.3, -0.25) is 14.5 Å². The average Bonchev–Trinajstić information content (AvgIpc) is 3.27. The molecule has 7 nitrogen and oxygen atoms in total. The number of halogens is 6. The molecule has 13 heteroatoms. The molecule has 2 aliphatic heterocycles. The summed E-state index contributed by atoms with van der Waals surface area (Å²) in [4.78, 5) is 41.1. The van der Waals surface area contributed by atoms with Crippen LogP contribution in [0.15, 0.2) is 18.2 Å². The lowest BCUT2D eigenvalue weighted by Crippen LogP contribution is -2.51. The molecule has 2 aliphatic rings. The van der Waals surface area contributed by atoms with Crippen molar-refractivity contribution in [3.05, 3.63) is 29.3 Å². The lowest BCUT2D eigenvalue weighted by Gasteiger charge is -2.35. The van der Waals surface area contributed by atoms with Gasteiger partial charge in [0.05, 0.1) is 11.1 Å². The number of alkyl halides is 6. The molecule has 3 amide bonds. The molecule has 212 valence electrons. The van der Waals surface area contributed by atoms with Crippen LogP contribution in [-0.4, -0.2) is 59.0 Å². The summed E-state index contributed by atoms with van der Waals surface area (Å²) in [6.07, 6.45) is -8.67. The first-order valence-corrected chi connectivity index (χ1v) is 12.3. The smallest absolute Gasteiger partial charge is 0.416 e. The quantitative estimate of drug-likeness (QED) is 0.488. The number of carbonyl (C=O) groups is 3. The van der Waals surface area contributed by atoms with Crippen molar-refractivity contribution in [3.8, 4) is 0 Å². The molecule has 38 heavy (non-hydrogen) atoms. The standard InChI is InChI=1S/C25H31F6N3O4/c1-23(2,3)38-22(37)34-8-4-5-19(34)21(36)33-9-6-15(7-10-33)11-20(35)32-18-13-16(24(26,27)28)12-17(14-18)25(29,30)31/h12-15,19H,4-11H2,1-3H3,(H,32,35)/t19-/m0/s1. The molecular formula is C25H31F6N3O4. The second kappa shape index (κ2) is 11.0. The molecule has 2 saturated heterocycles. The number of likely N-dealkylation sites (tertiary alicyclic amines) is 2. The molecule has 0 aromatic heterocycles. The van der Waals surface area contributed by atoms with Crippen LogP contribution < -0.4 is 5.32 Å². The van der Waals surface area contributed by atoms with Gasteiger partial charge < -0.3 is 15.0 Å². The Bertz CT molecular complexity index is 1010. The number of nitrogens with zero attached hydrogens (tertiary/aromatic N) is 2. The Morgan fingerprint density at radius 2 is 1.45 bits per heavy atom. The number of nitrogens with one attached hydrogen (secondary N) is 1. The molecular weight excluding hydrogens is 520 g/mol. The zero-order valence-corrected chi connectivity index (χ0v) is 21.3. The van der Waals surface area contributed by atoms with Gasteiger partial charge in [0.25, 0.3) is 0 Å². The van der Waals surface area contributed by atoms with E-state index in [9.17, 15) is 40.7 Å². The fourth-order valence-electron chi connectivity index (χ4n) is 4.63. The minimum Gasteiger partial charge on any atom is -0.444 e. The summed E-state index contributed by atoms with van der Waals surface area (Å²) in [6.45, 7) is 6.25. The number of rotatable bonds is 4. The van der Waals surface area contributed by atoms with Crippen LogP contribution in [0.5, 0.6) is 0 Å². The van der Waals surface area contributed by atoms with E-state index in [1.165, 1.54) is 4.90 Å². The first-order valence-electron chi connectivity index (χ1n) is 12.3. The second-order valence-corrected chi connectivity index (χ2v) is 10.6. The highest BCUT2D eigenvalue weighted by atomic mass is 19.4. The van der Waals surface area contributed by atoms with E-state index in [0.29, 0.717) is 57.5 Å². The molecule has 1 aromatic carbocycles. The molecule has 0 aliphatic carbocycles. The summed E-state index contributed by atoms with van der Waals surface area (Å²) in [5.41, 5.74) is -4.31. The number of carbonyl (C=O) groups excluding carboxylic acids is 3. The molecule has 0 bridgehead atoms. The van der Waals surface area contributed by atoms with Gasteiger partial charge in [-0.2, -0.15) is 26.3 Å². The molecule has 2 fully saturated rings. The number of amides is 3. The predicted molar refractivity (Wildman–Crippen MR) is 125 cm³/mol. The van der Waals surface area contributed by atoms with E-state index in [1.807, 2.05) is 0 Å². The van der Waals surface area contributed by atoms with Crippen LogP contribution in [0.3, 0.4) is 0 Å². The maximum atomic E-state index is 13.1. The summed E-state index contributed by atoms with van der Waals surface area (Å²) in [6, 6.07) is 0.295. The Kier molecular flexibility index (Phi) is 8.57. The SMILES string of the molecule is CC(C)(C)OC(=O)N1CCC[C@H]1C(=O)N1CCC(CC(=O)Nc2cc(C(F)(F)F)cc(C(F)(F)F)c2)CC1. The topological polar surface area (TPSA) is 79.0 Å². The van der Waals surface area contributed by atoms with E-state index in [2.05, 4.69) is 5.32 Å². The first kappa shape index (κ1) is 29.6. The Morgan fingerprint density at radius 3 is 1.95 bits per heavy atom. The van der Waals surface area contributed by atoms with Crippen LogP contribution in [0.1, 0.15) is 64.0 Å². The predicted octanol–water partition coefficient (Wildman–Crippen LogP) is 5.69. The Labute approximate surface area is 216 Å². The zero-order chi connectivity index (χ0) is 28.5. The third-order valence-electron chi connectivity index (χ3n) is 6.44. The highest BCUT2D eigenvalue weighted by molar-refractivity contribution is 5.91. The van der Waals surface area contributed by atoms with E-state index >= 15 is 0 Å². The van der Waals surface area contributed by atoms with Crippen molar-refractivity contribution in [2.75, 3.05) is 25.0 Å². The number of hydrogen-bond donors (Lipinski definition) is 1. The Morgan fingerprint density at radius 1 is 0.895 bits per heavy atom. The van der Waals surface area contributed by atoms with Crippen LogP contribution >= 0.6 is 0 Å². The molecule has 2 heterocycles. The molecule has 3 rings (SSSR count). The second-order valence-electron chi connectivity index (χ2n) is 10.6. The van der Waals surface area contributed by atoms with Crippen molar-refractivity contribution >= 4 is 23.6 Å². The van der Waals surface area contributed by atoms with Crippen LogP contribution in [-0.2, 0) is 26.7 Å². The normalized spacial score (nSPS) is 19.4. The van der Waals surface area contributed by atoms with Gasteiger partial charge in [0.1, 0.15) is 11.6 Å². The number of hydrogen-bond acceptors (Lipinski definition) is 4. The number of benzene rings is 1. The number of piperidine rings is 1. The Balaban J connectivity index is 1.56. The van der Waals surface area contributed by atoms with Gasteiger partial charge in [-0.15, -0.1) is 0 Å². The van der Waals surface area contributed by atoms with Crippen molar-refractivity contribution in [2.45, 2.75) is 76.9 Å². The van der Waals surface area contributed by atoms with Crippen molar-refractivity contribution in [1.82, 2.24) is 9.80 Å². The molecule has 0 unspecified atom stereocenters. The van der Waals surface area contributed by atoms with E-state index in [4.69, 9.17) is 4.74 Å². The van der Waals surface area contributed by atoms with Crippen molar-refractivity contribution in [3.63, 3.8) is 0 Å². The highest BCUT2D eigenvalue weighted by Crippen LogP contribution is 2.37. The first-order chi connectivity index (χ1) is 17.4. The third-order valence-corrected chi connectivity index (χ3v) is 6.44. The lowest BCUT2D eigenvalue weighted by molar-refractivity contribution is -0.143. The molecule has 0 radical (unpaired) electrons. The molecule has 0 saturated carbocycles. The largest absolute Gasteiger partial charge is 0.444 e. The van der Waals surface area contributed by atoms with Crippen LogP contribution in [0.4, 0.5) is 36.8 Å². The fourth-order valence-corrected chi connectivity index (χ4v) is 4.63. The monoisotopic (exact) mass is 551 g/mol. The molecule has 1 N–H and O–H groups in total. The molecule has 1 atom stereocenters. The summed E-state index contributed by atoms with van der Waals surface area (Å²) < 4.78 is 83.8. The maximum absolute atomic E-state index is 13.1. The van der Waals surface area contributed by atoms with E-state index < -0.39 is 52.8 Å². The summed E-state index contributed by atoms with van der Waals surface area (Å²) in [5, 5.41) is 2.15. The van der Waals surface area contributed by atoms with Gasteiger partial charge in [0.2, 0.25) is 11.8 Å². The van der Waals surface area contributed by atoms with E-state index in [0.717, 1.165) is 0 Å². The number of ether oxygens (including phenoxy) is 1. The van der Waals surface area contributed by atoms with E-state index in [-0.39, 0.29) is 24.3 Å². The number of anilines is 1. The van der Waals surface area contributed by atoms with Crippen LogP contribution in [0.2, 0.25) is 0 Å². The van der Waals surface area contributed by atoms with Crippen molar-refractivity contribution < 1.29 is 45.5 Å². The highest BCUT2D eigenvalue weighted by Gasteiger charge is 2.40. The summed E-state index contributed by atoms with van der Waals surface area (Å²) in [5.74, 6) is -1.13. The van der Waals surface area contributed by atoms with Gasteiger partial charge in [-0.05, 0) is 70.6 Å².